The van der Waals surface area contributed by atoms with Crippen LogP contribution in [0.25, 0.3) is 16.6 Å². The molecular weight excluding hydrogens is 342 g/mol. The van der Waals surface area contributed by atoms with E-state index in [1.807, 2.05) is 24.3 Å². The van der Waals surface area contributed by atoms with E-state index in [0.29, 0.717) is 18.7 Å². The molecule has 1 aliphatic heterocycles. The van der Waals surface area contributed by atoms with Crippen LogP contribution in [0, 0.1) is 0 Å². The van der Waals surface area contributed by atoms with Gasteiger partial charge in [-0.2, -0.15) is 13.9 Å². The molecule has 26 heavy (non-hydrogen) atoms. The molecule has 1 saturated heterocycles. The first-order valence-electron chi connectivity index (χ1n) is 8.24. The monoisotopic (exact) mass is 358 g/mol. The van der Waals surface area contributed by atoms with Crippen molar-refractivity contribution in [3.63, 3.8) is 0 Å². The van der Waals surface area contributed by atoms with Gasteiger partial charge in [0.05, 0.1) is 23.5 Å². The fourth-order valence-electron chi connectivity index (χ4n) is 3.22. The molecule has 0 saturated carbocycles. The van der Waals surface area contributed by atoms with E-state index in [-0.39, 0.29) is 18.1 Å². The van der Waals surface area contributed by atoms with Gasteiger partial charge in [0, 0.05) is 24.7 Å². The molecule has 2 aromatic heterocycles. The Morgan fingerprint density at radius 2 is 2.08 bits per heavy atom. The predicted octanol–water partition coefficient (Wildman–Crippen LogP) is 2.87. The topological polar surface area (TPSA) is 60.2 Å². The number of hydrogen-bond donors (Lipinski definition) is 0. The highest BCUT2D eigenvalue weighted by Gasteiger charge is 2.31. The number of pyridine rings is 1. The fraction of sp³-hybridized carbons (Fsp3) is 0.278. The first-order valence-corrected chi connectivity index (χ1v) is 8.24. The maximum absolute atomic E-state index is 12.9. The number of ether oxygens (including phenoxy) is 1. The van der Waals surface area contributed by atoms with Crippen molar-refractivity contribution < 1.29 is 18.3 Å². The number of alkyl halides is 2. The Balaban J connectivity index is 1.65. The maximum atomic E-state index is 12.9. The summed E-state index contributed by atoms with van der Waals surface area (Å²) in [5, 5.41) is 5.32. The molecule has 1 atom stereocenters. The smallest absolute Gasteiger partial charge is 0.335 e. The summed E-state index contributed by atoms with van der Waals surface area (Å²) < 4.78 is 31.0. The molecule has 8 heteroatoms. The second-order valence-corrected chi connectivity index (χ2v) is 6.04. The highest BCUT2D eigenvalue weighted by atomic mass is 19.3. The molecule has 1 amide bonds. The van der Waals surface area contributed by atoms with Gasteiger partial charge in [-0.15, -0.1) is 0 Å². The maximum Gasteiger partial charge on any atom is 0.345 e. The van der Waals surface area contributed by atoms with Gasteiger partial charge in [0.1, 0.15) is 0 Å². The normalized spacial score (nSPS) is 17.3. The first-order chi connectivity index (χ1) is 12.6. The molecule has 0 radical (unpaired) electrons. The van der Waals surface area contributed by atoms with Crippen molar-refractivity contribution >= 4 is 16.8 Å². The minimum atomic E-state index is -2.84. The van der Waals surface area contributed by atoms with Crippen molar-refractivity contribution in [3.8, 4) is 5.69 Å². The number of amides is 1. The van der Waals surface area contributed by atoms with Gasteiger partial charge in [0.25, 0.3) is 5.91 Å². The van der Waals surface area contributed by atoms with Crippen LogP contribution < -0.4 is 0 Å². The fourth-order valence-corrected chi connectivity index (χ4v) is 3.22. The molecule has 0 bridgehead atoms. The van der Waals surface area contributed by atoms with Gasteiger partial charge in [-0.3, -0.25) is 4.79 Å². The van der Waals surface area contributed by atoms with Crippen molar-refractivity contribution in [3.05, 3.63) is 54.5 Å². The molecule has 3 heterocycles. The van der Waals surface area contributed by atoms with Gasteiger partial charge in [-0.25, -0.2) is 9.67 Å². The van der Waals surface area contributed by atoms with Crippen molar-refractivity contribution in [2.24, 2.45) is 0 Å². The number of aromatic nitrogens is 3. The zero-order valence-electron chi connectivity index (χ0n) is 13.8. The molecule has 1 fully saturated rings. The lowest BCUT2D eigenvalue weighted by molar-refractivity contribution is -0.158. The number of halogens is 2. The summed E-state index contributed by atoms with van der Waals surface area (Å²) in [7, 11) is 0. The number of hydrogen-bond acceptors (Lipinski definition) is 4. The lowest BCUT2D eigenvalue weighted by Gasteiger charge is -2.18. The van der Waals surface area contributed by atoms with Crippen molar-refractivity contribution in [2.75, 3.05) is 13.1 Å². The van der Waals surface area contributed by atoms with Crippen LogP contribution in [0.5, 0.6) is 0 Å². The van der Waals surface area contributed by atoms with E-state index in [9.17, 15) is 13.6 Å². The largest absolute Gasteiger partial charge is 0.345 e. The average molecular weight is 358 g/mol. The summed E-state index contributed by atoms with van der Waals surface area (Å²) in [5.41, 5.74) is 1.64. The molecule has 0 unspecified atom stereocenters. The molecule has 0 aliphatic carbocycles. The average Bonchev–Trinajstić information content (AvgIpc) is 3.27. The summed E-state index contributed by atoms with van der Waals surface area (Å²) in [4.78, 5) is 18.6. The molecule has 1 aromatic carbocycles. The number of benzene rings is 1. The standard InChI is InChI=1S/C18H16F2N4O2/c19-18(20)26-13-7-9-23(11-13)17(25)16-15(6-3-8-21-16)24-14-5-2-1-4-12(14)10-22-24/h1-6,8,10,13,18H,7,9,11H2/t13-/m0/s1. The number of rotatable bonds is 4. The molecular formula is C18H16F2N4O2. The first kappa shape index (κ1) is 16.6. The Hall–Kier alpha value is -2.87. The highest BCUT2D eigenvalue weighted by molar-refractivity contribution is 5.96. The summed E-state index contributed by atoms with van der Waals surface area (Å²) in [5.74, 6) is -0.319. The Bertz CT molecular complexity index is 944. The summed E-state index contributed by atoms with van der Waals surface area (Å²) in [6.07, 6.45) is 2.98. The molecule has 3 aromatic rings. The van der Waals surface area contributed by atoms with Crippen LogP contribution in [0.15, 0.2) is 48.8 Å². The summed E-state index contributed by atoms with van der Waals surface area (Å²) in [6, 6.07) is 11.1. The van der Waals surface area contributed by atoms with Crippen LogP contribution in [-0.4, -0.2) is 51.4 Å². The van der Waals surface area contributed by atoms with Gasteiger partial charge in [0.15, 0.2) is 5.69 Å². The summed E-state index contributed by atoms with van der Waals surface area (Å²) in [6.45, 7) is -2.36. The lowest BCUT2D eigenvalue weighted by Crippen LogP contribution is -2.32. The number of fused-ring (bicyclic) bond motifs is 1. The van der Waals surface area contributed by atoms with Crippen LogP contribution in [-0.2, 0) is 4.74 Å². The number of carbonyl (C=O) groups is 1. The van der Waals surface area contributed by atoms with Gasteiger partial charge < -0.3 is 9.64 Å². The highest BCUT2D eigenvalue weighted by Crippen LogP contribution is 2.23. The van der Waals surface area contributed by atoms with E-state index in [2.05, 4.69) is 14.8 Å². The van der Waals surface area contributed by atoms with Gasteiger partial charge in [-0.1, -0.05) is 18.2 Å². The number of nitrogens with zero attached hydrogens (tertiary/aromatic N) is 4. The van der Waals surface area contributed by atoms with Crippen LogP contribution in [0.3, 0.4) is 0 Å². The third-order valence-corrected chi connectivity index (χ3v) is 4.42. The molecule has 134 valence electrons. The minimum Gasteiger partial charge on any atom is -0.335 e. The predicted molar refractivity (Wildman–Crippen MR) is 90.3 cm³/mol. The van der Waals surface area contributed by atoms with E-state index in [1.54, 1.807) is 23.0 Å². The minimum absolute atomic E-state index is 0.124. The Morgan fingerprint density at radius 1 is 1.23 bits per heavy atom. The Morgan fingerprint density at radius 3 is 2.92 bits per heavy atom. The van der Waals surface area contributed by atoms with E-state index in [4.69, 9.17) is 0 Å². The summed E-state index contributed by atoms with van der Waals surface area (Å²) >= 11 is 0. The van der Waals surface area contributed by atoms with E-state index in [0.717, 1.165) is 10.9 Å². The molecule has 1 aliphatic rings. The van der Waals surface area contributed by atoms with E-state index < -0.39 is 12.7 Å². The van der Waals surface area contributed by atoms with Crippen LogP contribution in [0.1, 0.15) is 16.9 Å². The van der Waals surface area contributed by atoms with Crippen LogP contribution >= 0.6 is 0 Å². The Kier molecular flexibility index (Phi) is 4.34. The zero-order valence-corrected chi connectivity index (χ0v) is 13.8. The SMILES string of the molecule is O=C(c1ncccc1-n1ncc2ccccc21)N1CC[C@H](OC(F)F)C1. The number of carbonyl (C=O) groups excluding carboxylic acids is 1. The molecule has 4 rings (SSSR count). The third-order valence-electron chi connectivity index (χ3n) is 4.42. The van der Waals surface area contributed by atoms with Crippen LogP contribution in [0.2, 0.25) is 0 Å². The Labute approximate surface area is 148 Å². The van der Waals surface area contributed by atoms with Crippen molar-refractivity contribution in [2.45, 2.75) is 19.1 Å². The third kappa shape index (κ3) is 3.03. The molecule has 6 nitrogen and oxygen atoms in total. The van der Waals surface area contributed by atoms with E-state index >= 15 is 0 Å². The second-order valence-electron chi connectivity index (χ2n) is 6.04. The molecule has 0 spiro atoms. The van der Waals surface area contributed by atoms with Gasteiger partial charge in [0.2, 0.25) is 0 Å². The second kappa shape index (κ2) is 6.80. The molecule has 0 N–H and O–H groups in total. The quantitative estimate of drug-likeness (QED) is 0.720. The zero-order chi connectivity index (χ0) is 18.1. The number of likely N-dealkylation sites (tertiary alicyclic amines) is 1. The van der Waals surface area contributed by atoms with E-state index in [1.165, 1.54) is 11.1 Å². The van der Waals surface area contributed by atoms with Crippen LogP contribution in [0.4, 0.5) is 8.78 Å². The number of para-hydroxylation sites is 1. The lowest BCUT2D eigenvalue weighted by atomic mass is 10.2. The van der Waals surface area contributed by atoms with Gasteiger partial charge >= 0.3 is 6.61 Å². The van der Waals surface area contributed by atoms with Gasteiger partial charge in [-0.05, 0) is 24.6 Å². The van der Waals surface area contributed by atoms with Crippen molar-refractivity contribution in [1.29, 1.82) is 0 Å². The van der Waals surface area contributed by atoms with Crippen molar-refractivity contribution in [1.82, 2.24) is 19.7 Å².